The van der Waals surface area contributed by atoms with Gasteiger partial charge in [-0.3, -0.25) is 0 Å². The van der Waals surface area contributed by atoms with Crippen LogP contribution in [0, 0.1) is 0 Å². The fraction of sp³-hybridized carbons (Fsp3) is 0.107. The number of halogens is 1. The third-order valence-electron chi connectivity index (χ3n) is 4.75. The molecule has 156 valence electrons. The van der Waals surface area contributed by atoms with Gasteiger partial charge in [0.1, 0.15) is 0 Å². The van der Waals surface area contributed by atoms with Crippen LogP contribution in [0.1, 0.15) is 23.6 Å². The lowest BCUT2D eigenvalue weighted by atomic mass is 9.91. The van der Waals surface area contributed by atoms with Gasteiger partial charge in [-0.2, -0.15) is 0 Å². The summed E-state index contributed by atoms with van der Waals surface area (Å²) in [5, 5.41) is 0.656. The Bertz CT molecular complexity index is 1100. The molecular formula is C28H25ClO2. The summed E-state index contributed by atoms with van der Waals surface area (Å²) in [5.74, 6) is -0.388. The molecule has 3 aromatic carbocycles. The minimum atomic E-state index is -0.388. The standard InChI is InChI=1S/C28H25ClO2/c1-3-31-28(30)27(20-23-13-8-5-9-14-23)21(2)25(17-22-11-6-4-7-12-22)18-24-15-10-16-26(29)19-24/h4-16,18-20H,2-3,17H2,1H3/b25-18+,27-20-. The van der Waals surface area contributed by atoms with Crippen LogP contribution >= 0.6 is 11.6 Å². The second-order valence-corrected chi connectivity index (χ2v) is 7.49. The Labute approximate surface area is 189 Å². The van der Waals surface area contributed by atoms with Gasteiger partial charge in [-0.25, -0.2) is 4.79 Å². The summed E-state index contributed by atoms with van der Waals surface area (Å²) in [6, 6.07) is 27.4. The van der Waals surface area contributed by atoms with Crippen molar-refractivity contribution in [2.45, 2.75) is 13.3 Å². The van der Waals surface area contributed by atoms with Crippen LogP contribution in [0.5, 0.6) is 0 Å². The number of rotatable bonds is 8. The van der Waals surface area contributed by atoms with Gasteiger partial charge < -0.3 is 4.74 Å². The quantitative estimate of drug-likeness (QED) is 0.216. The van der Waals surface area contributed by atoms with Crippen molar-refractivity contribution in [1.82, 2.24) is 0 Å². The summed E-state index contributed by atoms with van der Waals surface area (Å²) in [4.78, 5) is 12.9. The van der Waals surface area contributed by atoms with Gasteiger partial charge in [0.2, 0.25) is 0 Å². The average molecular weight is 429 g/mol. The molecule has 0 spiro atoms. The van der Waals surface area contributed by atoms with Crippen LogP contribution in [0.4, 0.5) is 0 Å². The molecule has 0 heterocycles. The van der Waals surface area contributed by atoms with Crippen LogP contribution in [-0.4, -0.2) is 12.6 Å². The normalized spacial score (nSPS) is 11.8. The van der Waals surface area contributed by atoms with Crippen molar-refractivity contribution >= 4 is 29.7 Å². The molecule has 0 saturated carbocycles. The maximum absolute atomic E-state index is 12.9. The highest BCUT2D eigenvalue weighted by Gasteiger charge is 2.18. The van der Waals surface area contributed by atoms with Gasteiger partial charge in [0.05, 0.1) is 12.2 Å². The van der Waals surface area contributed by atoms with Gasteiger partial charge in [0.15, 0.2) is 0 Å². The lowest BCUT2D eigenvalue weighted by Gasteiger charge is -2.15. The van der Waals surface area contributed by atoms with Crippen LogP contribution < -0.4 is 0 Å². The van der Waals surface area contributed by atoms with Crippen LogP contribution in [0.15, 0.2) is 108 Å². The molecule has 0 fully saturated rings. The molecule has 0 aliphatic rings. The molecule has 0 radical (unpaired) electrons. The van der Waals surface area contributed by atoms with E-state index in [1.165, 1.54) is 0 Å². The summed E-state index contributed by atoms with van der Waals surface area (Å²) in [6.07, 6.45) is 4.48. The van der Waals surface area contributed by atoms with Crippen molar-refractivity contribution in [2.24, 2.45) is 0 Å². The Morgan fingerprint density at radius 2 is 1.55 bits per heavy atom. The molecule has 0 bridgehead atoms. The summed E-state index contributed by atoms with van der Waals surface area (Å²) in [6.45, 7) is 6.39. The molecule has 0 amide bonds. The number of carbonyl (C=O) groups excluding carboxylic acids is 1. The fourth-order valence-corrected chi connectivity index (χ4v) is 3.42. The zero-order chi connectivity index (χ0) is 22.1. The predicted octanol–water partition coefficient (Wildman–Crippen LogP) is 7.17. The number of esters is 1. The molecule has 31 heavy (non-hydrogen) atoms. The number of allylic oxidation sites excluding steroid dienone is 1. The van der Waals surface area contributed by atoms with Crippen molar-refractivity contribution in [1.29, 1.82) is 0 Å². The smallest absolute Gasteiger partial charge is 0.338 e. The molecule has 2 nitrogen and oxygen atoms in total. The van der Waals surface area contributed by atoms with E-state index in [1.54, 1.807) is 6.92 Å². The van der Waals surface area contributed by atoms with Gasteiger partial charge in [-0.1, -0.05) is 97.1 Å². The van der Waals surface area contributed by atoms with E-state index in [2.05, 4.69) is 18.7 Å². The van der Waals surface area contributed by atoms with Crippen molar-refractivity contribution < 1.29 is 9.53 Å². The molecule has 3 rings (SSSR count). The van der Waals surface area contributed by atoms with E-state index in [9.17, 15) is 4.79 Å². The van der Waals surface area contributed by atoms with Gasteiger partial charge in [0.25, 0.3) is 0 Å². The summed E-state index contributed by atoms with van der Waals surface area (Å²) < 4.78 is 5.35. The van der Waals surface area contributed by atoms with Crippen molar-refractivity contribution in [3.05, 3.63) is 130 Å². The molecule has 0 aliphatic heterocycles. The minimum Gasteiger partial charge on any atom is -0.462 e. The number of carbonyl (C=O) groups is 1. The molecule has 0 unspecified atom stereocenters. The van der Waals surface area contributed by atoms with E-state index in [0.29, 0.717) is 29.2 Å². The predicted molar refractivity (Wildman–Crippen MR) is 130 cm³/mol. The highest BCUT2D eigenvalue weighted by Crippen LogP contribution is 2.27. The van der Waals surface area contributed by atoms with Gasteiger partial charge in [0, 0.05) is 5.02 Å². The second-order valence-electron chi connectivity index (χ2n) is 7.05. The largest absolute Gasteiger partial charge is 0.462 e. The number of ether oxygens (including phenoxy) is 1. The SMILES string of the molecule is C=C(/C(=C/c1ccccc1)C(=O)OCC)/C(=C/c1cccc(Cl)c1)Cc1ccccc1. The fourth-order valence-electron chi connectivity index (χ4n) is 3.23. The highest BCUT2D eigenvalue weighted by molar-refractivity contribution is 6.30. The van der Waals surface area contributed by atoms with Crippen LogP contribution in [-0.2, 0) is 16.0 Å². The molecular weight excluding hydrogens is 404 g/mol. The Balaban J connectivity index is 2.06. The first-order chi connectivity index (χ1) is 15.1. The van der Waals surface area contributed by atoms with Crippen LogP contribution in [0.25, 0.3) is 12.2 Å². The van der Waals surface area contributed by atoms with Crippen LogP contribution in [0.2, 0.25) is 5.02 Å². The third kappa shape index (κ3) is 6.56. The Hall–Kier alpha value is -3.36. The van der Waals surface area contributed by atoms with Crippen LogP contribution in [0.3, 0.4) is 0 Å². The highest BCUT2D eigenvalue weighted by atomic mass is 35.5. The van der Waals surface area contributed by atoms with Gasteiger partial charge >= 0.3 is 5.97 Å². The second kappa shape index (κ2) is 11.1. The molecule has 0 atom stereocenters. The number of benzene rings is 3. The first-order valence-electron chi connectivity index (χ1n) is 10.2. The monoisotopic (exact) mass is 428 g/mol. The minimum absolute atomic E-state index is 0.296. The van der Waals surface area contributed by atoms with Crippen molar-refractivity contribution in [2.75, 3.05) is 6.61 Å². The Kier molecular flexibility index (Phi) is 8.03. The molecule has 0 aromatic heterocycles. The zero-order valence-corrected chi connectivity index (χ0v) is 18.3. The lowest BCUT2D eigenvalue weighted by molar-refractivity contribution is -0.138. The molecule has 0 N–H and O–H groups in total. The summed E-state index contributed by atoms with van der Waals surface area (Å²) >= 11 is 6.19. The zero-order valence-electron chi connectivity index (χ0n) is 17.6. The lowest BCUT2D eigenvalue weighted by Crippen LogP contribution is -2.11. The Morgan fingerprint density at radius 3 is 2.19 bits per heavy atom. The number of hydrogen-bond acceptors (Lipinski definition) is 2. The van der Waals surface area contributed by atoms with E-state index in [0.717, 1.165) is 22.3 Å². The molecule has 3 aromatic rings. The van der Waals surface area contributed by atoms with E-state index >= 15 is 0 Å². The van der Waals surface area contributed by atoms with Gasteiger partial charge in [-0.05, 0) is 59.4 Å². The molecule has 0 aliphatic carbocycles. The summed E-state index contributed by atoms with van der Waals surface area (Å²) in [7, 11) is 0. The van der Waals surface area contributed by atoms with Crippen molar-refractivity contribution in [3.8, 4) is 0 Å². The summed E-state index contributed by atoms with van der Waals surface area (Å²) in [5.41, 5.74) is 4.97. The average Bonchev–Trinajstić information content (AvgIpc) is 2.78. The van der Waals surface area contributed by atoms with E-state index in [-0.39, 0.29) is 5.97 Å². The van der Waals surface area contributed by atoms with Gasteiger partial charge in [-0.15, -0.1) is 0 Å². The van der Waals surface area contributed by atoms with E-state index < -0.39 is 0 Å². The third-order valence-corrected chi connectivity index (χ3v) is 4.98. The molecule has 0 saturated heterocycles. The number of hydrogen-bond donors (Lipinski definition) is 0. The Morgan fingerprint density at radius 1 is 0.903 bits per heavy atom. The topological polar surface area (TPSA) is 26.3 Å². The van der Waals surface area contributed by atoms with Crippen molar-refractivity contribution in [3.63, 3.8) is 0 Å². The first-order valence-corrected chi connectivity index (χ1v) is 10.6. The maximum atomic E-state index is 12.9. The molecule has 3 heteroatoms. The maximum Gasteiger partial charge on any atom is 0.338 e. The van der Waals surface area contributed by atoms with E-state index in [1.807, 2.05) is 84.9 Å². The van der Waals surface area contributed by atoms with E-state index in [4.69, 9.17) is 16.3 Å². The first kappa shape index (κ1) is 22.3.